The van der Waals surface area contributed by atoms with Gasteiger partial charge in [0.05, 0.1) is 24.7 Å². The molecule has 0 radical (unpaired) electrons. The third kappa shape index (κ3) is 5.82. The third-order valence-electron chi connectivity index (χ3n) is 5.88. The predicted molar refractivity (Wildman–Crippen MR) is 123 cm³/mol. The van der Waals surface area contributed by atoms with E-state index in [1.165, 1.54) is 12.1 Å². The van der Waals surface area contributed by atoms with Gasteiger partial charge in [-0.1, -0.05) is 12.1 Å². The van der Waals surface area contributed by atoms with Gasteiger partial charge in [-0.25, -0.2) is 12.8 Å². The highest BCUT2D eigenvalue weighted by Gasteiger charge is 2.39. The smallest absolute Gasteiger partial charge is 0.237 e. The Balaban J connectivity index is 1.47. The minimum atomic E-state index is -3.07. The number of hydrogen-bond donors (Lipinski definition) is 1. The summed E-state index contributed by atoms with van der Waals surface area (Å²) in [5.41, 5.74) is 0.807. The summed E-state index contributed by atoms with van der Waals surface area (Å²) < 4.78 is 42.5. The van der Waals surface area contributed by atoms with Gasteiger partial charge < -0.3 is 10.1 Å². The quantitative estimate of drug-likeness (QED) is 0.660. The van der Waals surface area contributed by atoms with Gasteiger partial charge in [-0.05, 0) is 54.8 Å². The second-order valence-corrected chi connectivity index (χ2v) is 11.9. The van der Waals surface area contributed by atoms with E-state index in [2.05, 4.69) is 10.2 Å². The van der Waals surface area contributed by atoms with Crippen LogP contribution >= 0.6 is 11.8 Å². The maximum absolute atomic E-state index is 13.7. The average molecular weight is 479 g/mol. The van der Waals surface area contributed by atoms with E-state index in [1.807, 2.05) is 30.3 Å². The van der Waals surface area contributed by atoms with Crippen LogP contribution in [0.15, 0.2) is 53.4 Å². The summed E-state index contributed by atoms with van der Waals surface area (Å²) in [5.74, 6) is 0.451. The van der Waals surface area contributed by atoms with Crippen LogP contribution in [-0.2, 0) is 21.2 Å². The lowest BCUT2D eigenvalue weighted by atomic mass is 10.1. The zero-order chi connectivity index (χ0) is 22.7. The zero-order valence-electron chi connectivity index (χ0n) is 17.9. The molecule has 32 heavy (non-hydrogen) atoms. The van der Waals surface area contributed by atoms with E-state index in [0.29, 0.717) is 25.9 Å². The minimum Gasteiger partial charge on any atom is -0.497 e. The first-order valence-electron chi connectivity index (χ1n) is 10.6. The molecule has 2 aromatic carbocycles. The van der Waals surface area contributed by atoms with Gasteiger partial charge in [0.25, 0.3) is 0 Å². The van der Waals surface area contributed by atoms with Gasteiger partial charge in [0.15, 0.2) is 9.84 Å². The zero-order valence-corrected chi connectivity index (χ0v) is 19.5. The number of benzene rings is 2. The van der Waals surface area contributed by atoms with Crippen LogP contribution in [0.1, 0.15) is 18.4 Å². The topological polar surface area (TPSA) is 75.7 Å². The van der Waals surface area contributed by atoms with E-state index in [4.69, 9.17) is 4.74 Å². The van der Waals surface area contributed by atoms with Crippen LogP contribution in [-0.4, -0.2) is 61.7 Å². The Hall–Kier alpha value is -2.10. The number of amides is 1. The molecular weight excluding hydrogens is 451 g/mol. The van der Waals surface area contributed by atoms with Gasteiger partial charge in [0, 0.05) is 29.3 Å². The normalized spacial score (nSPS) is 25.0. The van der Waals surface area contributed by atoms with Crippen LogP contribution in [0.25, 0.3) is 0 Å². The molecule has 6 nitrogen and oxygen atoms in total. The Morgan fingerprint density at radius 3 is 2.69 bits per heavy atom. The second-order valence-electron chi connectivity index (χ2n) is 8.33. The lowest BCUT2D eigenvalue weighted by Crippen LogP contribution is -2.47. The Bertz CT molecular complexity index is 1060. The molecule has 3 atom stereocenters. The summed E-state index contributed by atoms with van der Waals surface area (Å²) in [6.45, 7) is 1.13. The number of nitrogens with zero attached hydrogens (tertiary/aromatic N) is 1. The number of halogens is 1. The van der Waals surface area contributed by atoms with E-state index < -0.39 is 15.9 Å². The monoisotopic (exact) mass is 478 g/mol. The minimum absolute atomic E-state index is 0.000612. The van der Waals surface area contributed by atoms with Crippen molar-refractivity contribution in [2.75, 3.05) is 25.2 Å². The fourth-order valence-electron chi connectivity index (χ4n) is 4.32. The molecule has 9 heteroatoms. The molecule has 2 heterocycles. The Morgan fingerprint density at radius 2 is 2.03 bits per heavy atom. The van der Waals surface area contributed by atoms with Gasteiger partial charge in [0.1, 0.15) is 11.6 Å². The number of sulfone groups is 1. The summed E-state index contributed by atoms with van der Waals surface area (Å²) in [6, 6.07) is 13.5. The largest absolute Gasteiger partial charge is 0.497 e. The molecule has 2 saturated heterocycles. The number of ether oxygens (including phenoxy) is 1. The average Bonchev–Trinajstić information content (AvgIpc) is 3.30. The SMILES string of the molecule is COc1ccc(S[C@@H]2C[C@@H](C(=O)N[C@H]3CCS(=O)(=O)C3)N(Cc3cccc(F)c3)C2)cc1. The van der Waals surface area contributed by atoms with Crippen LogP contribution in [0, 0.1) is 5.82 Å². The summed E-state index contributed by atoms with van der Waals surface area (Å²) in [4.78, 5) is 16.3. The van der Waals surface area contributed by atoms with Crippen LogP contribution < -0.4 is 10.1 Å². The van der Waals surface area contributed by atoms with Crippen molar-refractivity contribution >= 4 is 27.5 Å². The molecule has 1 N–H and O–H groups in total. The molecule has 0 aliphatic carbocycles. The summed E-state index contributed by atoms with van der Waals surface area (Å²) in [5, 5.41) is 3.12. The Labute approximate surface area is 192 Å². The number of hydrogen-bond acceptors (Lipinski definition) is 6. The Kier molecular flexibility index (Phi) is 7.07. The van der Waals surface area contributed by atoms with Crippen molar-refractivity contribution in [1.82, 2.24) is 10.2 Å². The van der Waals surface area contributed by atoms with Crippen molar-refractivity contribution in [3.8, 4) is 5.75 Å². The summed E-state index contributed by atoms with van der Waals surface area (Å²) in [6.07, 6.45) is 1.09. The Morgan fingerprint density at radius 1 is 1.25 bits per heavy atom. The molecular formula is C23H27FN2O4S2. The maximum atomic E-state index is 13.7. The summed E-state index contributed by atoms with van der Waals surface area (Å²) in [7, 11) is -1.45. The molecule has 2 aliphatic heterocycles. The van der Waals surface area contributed by atoms with Gasteiger partial charge >= 0.3 is 0 Å². The van der Waals surface area contributed by atoms with Crippen molar-refractivity contribution < 1.29 is 22.3 Å². The molecule has 0 aromatic heterocycles. The highest BCUT2D eigenvalue weighted by atomic mass is 32.2. The molecule has 0 spiro atoms. The third-order valence-corrected chi connectivity index (χ3v) is 8.87. The number of methoxy groups -OCH3 is 1. The van der Waals surface area contributed by atoms with Crippen LogP contribution in [0.4, 0.5) is 4.39 Å². The summed E-state index contributed by atoms with van der Waals surface area (Å²) >= 11 is 1.70. The first-order valence-corrected chi connectivity index (χ1v) is 13.3. The van der Waals surface area contributed by atoms with E-state index in [1.54, 1.807) is 24.9 Å². The standard InChI is InChI=1S/C23H27FN2O4S2/c1-30-19-5-7-20(8-6-19)31-21-12-22(23(27)25-18-9-10-32(28,29)15-18)26(14-21)13-16-3-2-4-17(24)11-16/h2-8,11,18,21-22H,9-10,12-15H2,1H3,(H,25,27)/t18-,21+,22-/m0/s1. The van der Waals surface area contributed by atoms with Gasteiger partial charge in [-0.15, -0.1) is 11.8 Å². The van der Waals surface area contributed by atoms with E-state index >= 15 is 0 Å². The molecule has 2 aliphatic rings. The van der Waals surface area contributed by atoms with E-state index in [9.17, 15) is 17.6 Å². The van der Waals surface area contributed by atoms with Crippen molar-refractivity contribution in [2.24, 2.45) is 0 Å². The van der Waals surface area contributed by atoms with Gasteiger partial charge in [0.2, 0.25) is 5.91 Å². The molecule has 1 amide bonds. The first-order chi connectivity index (χ1) is 15.3. The van der Waals surface area contributed by atoms with Gasteiger partial charge in [-0.3, -0.25) is 9.69 Å². The number of likely N-dealkylation sites (tertiary alicyclic amines) is 1. The molecule has 0 saturated carbocycles. The van der Waals surface area contributed by atoms with E-state index in [0.717, 1.165) is 16.2 Å². The lowest BCUT2D eigenvalue weighted by molar-refractivity contribution is -0.126. The molecule has 0 bridgehead atoms. The van der Waals surface area contributed by atoms with Crippen LogP contribution in [0.3, 0.4) is 0 Å². The molecule has 4 rings (SSSR count). The fraction of sp³-hybridized carbons (Fsp3) is 0.435. The highest BCUT2D eigenvalue weighted by molar-refractivity contribution is 8.00. The number of nitrogens with one attached hydrogen (secondary N) is 1. The fourth-order valence-corrected chi connectivity index (χ4v) is 7.21. The predicted octanol–water partition coefficient (Wildman–Crippen LogP) is 2.87. The number of carbonyl (C=O) groups excluding carboxylic acids is 1. The van der Waals surface area contributed by atoms with Gasteiger partial charge in [-0.2, -0.15) is 0 Å². The van der Waals surface area contributed by atoms with Crippen molar-refractivity contribution in [2.45, 2.75) is 41.6 Å². The number of carbonyl (C=O) groups is 1. The molecule has 2 fully saturated rings. The second kappa shape index (κ2) is 9.80. The van der Waals surface area contributed by atoms with Crippen LogP contribution in [0.2, 0.25) is 0 Å². The number of rotatable bonds is 7. The lowest BCUT2D eigenvalue weighted by Gasteiger charge is -2.25. The number of thioether (sulfide) groups is 1. The van der Waals surface area contributed by atoms with Crippen molar-refractivity contribution in [3.05, 3.63) is 59.9 Å². The van der Waals surface area contributed by atoms with Crippen LogP contribution in [0.5, 0.6) is 5.75 Å². The van der Waals surface area contributed by atoms with Crippen molar-refractivity contribution in [3.63, 3.8) is 0 Å². The first kappa shape index (κ1) is 23.1. The molecule has 172 valence electrons. The molecule has 2 aromatic rings. The maximum Gasteiger partial charge on any atom is 0.237 e. The van der Waals surface area contributed by atoms with E-state index in [-0.39, 0.29) is 34.5 Å². The molecule has 0 unspecified atom stereocenters. The van der Waals surface area contributed by atoms with Crippen molar-refractivity contribution in [1.29, 1.82) is 0 Å². The highest BCUT2D eigenvalue weighted by Crippen LogP contribution is 2.34.